The highest BCUT2D eigenvalue weighted by Crippen LogP contribution is 2.14. The van der Waals surface area contributed by atoms with Crippen molar-refractivity contribution in [2.45, 2.75) is 86.1 Å². The third-order valence-electron chi connectivity index (χ3n) is 3.57. The molecule has 1 aliphatic rings. The minimum Gasteiger partial charge on any atom is -0.314 e. The Balaban J connectivity index is 0. The standard InChI is InChI=1S/C10H12.C9H17NO.2C2H6/c1-2-3-7-10-8-5-4-6-9-10;1-2-7-10-8-3-5-9(11)6-4-8;2*1-2/h3-9H,2H2,1H3;8,10H,2-7H2,1H3;2*1-2H3/b7-3-;;;. The molecule has 0 bridgehead atoms. The number of nitrogens with one attached hydrogen (secondary N) is 1. The van der Waals surface area contributed by atoms with E-state index in [4.69, 9.17) is 0 Å². The van der Waals surface area contributed by atoms with Crippen LogP contribution in [0.3, 0.4) is 0 Å². The van der Waals surface area contributed by atoms with Gasteiger partial charge in [0.05, 0.1) is 0 Å². The Hall–Kier alpha value is -1.41. The van der Waals surface area contributed by atoms with Crippen molar-refractivity contribution in [2.75, 3.05) is 6.54 Å². The number of Topliss-reactive ketones (excluding diaryl/α,β-unsaturated/α-hetero) is 1. The fourth-order valence-electron chi connectivity index (χ4n) is 2.31. The number of carbonyl (C=O) groups excluding carboxylic acids is 1. The van der Waals surface area contributed by atoms with Gasteiger partial charge >= 0.3 is 0 Å². The van der Waals surface area contributed by atoms with E-state index in [0.29, 0.717) is 11.8 Å². The highest BCUT2D eigenvalue weighted by molar-refractivity contribution is 5.79. The van der Waals surface area contributed by atoms with E-state index in [1.54, 1.807) is 0 Å². The van der Waals surface area contributed by atoms with E-state index < -0.39 is 0 Å². The van der Waals surface area contributed by atoms with Crippen molar-refractivity contribution in [3.63, 3.8) is 0 Å². The predicted octanol–water partition coefficient (Wildman–Crippen LogP) is 6.66. The van der Waals surface area contributed by atoms with Crippen molar-refractivity contribution >= 4 is 11.9 Å². The zero-order valence-electron chi connectivity index (χ0n) is 17.5. The molecule has 2 heteroatoms. The first-order valence-corrected chi connectivity index (χ1v) is 10.2. The van der Waals surface area contributed by atoms with Crippen molar-refractivity contribution in [1.29, 1.82) is 0 Å². The van der Waals surface area contributed by atoms with Crippen molar-refractivity contribution in [2.24, 2.45) is 0 Å². The fraction of sp³-hybridized carbons (Fsp3) is 0.609. The van der Waals surface area contributed by atoms with E-state index in [1.807, 2.05) is 33.8 Å². The maximum absolute atomic E-state index is 10.9. The summed E-state index contributed by atoms with van der Waals surface area (Å²) in [6, 6.07) is 11.0. The first-order chi connectivity index (χ1) is 12.3. The summed E-state index contributed by atoms with van der Waals surface area (Å²) in [6.07, 6.45) is 10.3. The molecule has 0 aliphatic heterocycles. The van der Waals surface area contributed by atoms with Crippen LogP contribution in [0, 0.1) is 0 Å². The first kappa shape index (κ1) is 25.8. The van der Waals surface area contributed by atoms with Gasteiger partial charge in [-0.25, -0.2) is 0 Å². The second kappa shape index (κ2) is 20.6. The van der Waals surface area contributed by atoms with Crippen LogP contribution in [0.4, 0.5) is 0 Å². The van der Waals surface area contributed by atoms with Gasteiger partial charge in [-0.2, -0.15) is 0 Å². The molecule has 2 nitrogen and oxygen atoms in total. The highest BCUT2D eigenvalue weighted by Gasteiger charge is 2.17. The maximum atomic E-state index is 10.9. The Morgan fingerprint density at radius 1 is 1.00 bits per heavy atom. The van der Waals surface area contributed by atoms with Crippen LogP contribution in [-0.2, 0) is 4.79 Å². The summed E-state index contributed by atoms with van der Waals surface area (Å²) in [7, 11) is 0. The molecule has 1 saturated carbocycles. The summed E-state index contributed by atoms with van der Waals surface area (Å²) >= 11 is 0. The van der Waals surface area contributed by atoms with Gasteiger partial charge < -0.3 is 5.32 Å². The minimum atomic E-state index is 0.444. The molecule has 0 heterocycles. The molecule has 1 N–H and O–H groups in total. The normalized spacial score (nSPS) is 13.8. The largest absolute Gasteiger partial charge is 0.314 e. The maximum Gasteiger partial charge on any atom is 0.133 e. The lowest BCUT2D eigenvalue weighted by molar-refractivity contribution is -0.120. The molecule has 25 heavy (non-hydrogen) atoms. The second-order valence-corrected chi connectivity index (χ2v) is 5.49. The van der Waals surface area contributed by atoms with Crippen molar-refractivity contribution in [1.82, 2.24) is 5.32 Å². The van der Waals surface area contributed by atoms with E-state index in [9.17, 15) is 4.79 Å². The summed E-state index contributed by atoms with van der Waals surface area (Å²) < 4.78 is 0. The molecule has 0 spiro atoms. The number of benzene rings is 1. The van der Waals surface area contributed by atoms with Gasteiger partial charge in [0, 0.05) is 18.9 Å². The van der Waals surface area contributed by atoms with Crippen LogP contribution in [-0.4, -0.2) is 18.4 Å². The molecule has 0 amide bonds. The highest BCUT2D eigenvalue weighted by atomic mass is 16.1. The average molecular weight is 348 g/mol. The molecule has 1 fully saturated rings. The monoisotopic (exact) mass is 347 g/mol. The number of hydrogen-bond donors (Lipinski definition) is 1. The molecule has 0 radical (unpaired) electrons. The Morgan fingerprint density at radius 2 is 1.56 bits per heavy atom. The molecule has 144 valence electrons. The van der Waals surface area contributed by atoms with Crippen molar-refractivity contribution < 1.29 is 4.79 Å². The average Bonchev–Trinajstić information content (AvgIpc) is 2.70. The molecular formula is C23H41NO. The molecule has 1 aromatic carbocycles. The molecule has 0 aromatic heterocycles. The van der Waals surface area contributed by atoms with Crippen molar-refractivity contribution in [3.05, 3.63) is 42.0 Å². The van der Waals surface area contributed by atoms with Crippen LogP contribution in [0.5, 0.6) is 0 Å². The van der Waals surface area contributed by atoms with Crippen molar-refractivity contribution in [3.8, 4) is 0 Å². The number of ketones is 1. The quantitative estimate of drug-likeness (QED) is 0.645. The van der Waals surface area contributed by atoms with Gasteiger partial charge in [0.15, 0.2) is 0 Å². The van der Waals surface area contributed by atoms with Crippen LogP contribution in [0.25, 0.3) is 6.08 Å². The summed E-state index contributed by atoms with van der Waals surface area (Å²) in [6.45, 7) is 13.4. The molecule has 0 saturated heterocycles. The Labute approximate surface area is 157 Å². The van der Waals surface area contributed by atoms with Crippen LogP contribution in [0.1, 0.15) is 85.6 Å². The Bertz CT molecular complexity index is 401. The smallest absolute Gasteiger partial charge is 0.133 e. The molecule has 0 unspecified atom stereocenters. The van der Waals surface area contributed by atoms with Gasteiger partial charge in [0.2, 0.25) is 0 Å². The molecule has 1 aliphatic carbocycles. The van der Waals surface area contributed by atoms with E-state index in [-0.39, 0.29) is 0 Å². The fourth-order valence-corrected chi connectivity index (χ4v) is 2.31. The lowest BCUT2D eigenvalue weighted by atomic mass is 9.94. The SMILES string of the molecule is CC.CC.CC/C=C\c1ccccc1.CCCNC1CCC(=O)CC1. The van der Waals surface area contributed by atoms with Gasteiger partial charge in [-0.3, -0.25) is 4.79 Å². The van der Waals surface area contributed by atoms with Gasteiger partial charge in [0.1, 0.15) is 5.78 Å². The topological polar surface area (TPSA) is 29.1 Å². The number of allylic oxidation sites excluding steroid dienone is 1. The van der Waals surface area contributed by atoms with Crippen LogP contribution < -0.4 is 5.32 Å². The first-order valence-electron chi connectivity index (χ1n) is 10.2. The Kier molecular flexibility index (Phi) is 21.3. The summed E-state index contributed by atoms with van der Waals surface area (Å²) in [4.78, 5) is 10.9. The van der Waals surface area contributed by atoms with Crippen LogP contribution >= 0.6 is 0 Å². The molecular weight excluding hydrogens is 306 g/mol. The number of rotatable bonds is 5. The predicted molar refractivity (Wildman–Crippen MR) is 114 cm³/mol. The lowest BCUT2D eigenvalue weighted by Crippen LogP contribution is -2.33. The van der Waals surface area contributed by atoms with E-state index in [2.05, 4.69) is 55.6 Å². The van der Waals surface area contributed by atoms with Gasteiger partial charge in [-0.05, 0) is 37.8 Å². The molecule has 2 rings (SSSR count). The van der Waals surface area contributed by atoms with Crippen LogP contribution in [0.2, 0.25) is 0 Å². The van der Waals surface area contributed by atoms with Gasteiger partial charge in [-0.15, -0.1) is 0 Å². The van der Waals surface area contributed by atoms with E-state index >= 15 is 0 Å². The van der Waals surface area contributed by atoms with Gasteiger partial charge in [0.25, 0.3) is 0 Å². The summed E-state index contributed by atoms with van der Waals surface area (Å²) in [5.41, 5.74) is 1.28. The molecule has 0 atom stereocenters. The van der Waals surface area contributed by atoms with E-state index in [0.717, 1.165) is 38.6 Å². The third kappa shape index (κ3) is 15.8. The zero-order valence-corrected chi connectivity index (χ0v) is 17.5. The number of hydrogen-bond acceptors (Lipinski definition) is 2. The Morgan fingerprint density at radius 3 is 2.04 bits per heavy atom. The number of carbonyl (C=O) groups is 1. The van der Waals surface area contributed by atoms with Crippen LogP contribution in [0.15, 0.2) is 36.4 Å². The zero-order chi connectivity index (χ0) is 19.3. The van der Waals surface area contributed by atoms with E-state index in [1.165, 1.54) is 12.0 Å². The summed E-state index contributed by atoms with van der Waals surface area (Å²) in [5.74, 6) is 0.444. The van der Waals surface area contributed by atoms with Gasteiger partial charge in [-0.1, -0.05) is 84.0 Å². The molecule has 1 aromatic rings. The summed E-state index contributed by atoms with van der Waals surface area (Å²) in [5, 5.41) is 3.44. The second-order valence-electron chi connectivity index (χ2n) is 5.49. The minimum absolute atomic E-state index is 0.444. The lowest BCUT2D eigenvalue weighted by Gasteiger charge is -2.21. The third-order valence-corrected chi connectivity index (χ3v) is 3.57.